The van der Waals surface area contributed by atoms with E-state index in [1.807, 2.05) is 23.2 Å². The average molecular weight is 441 g/mol. The molecule has 3 N–H and O–H groups in total. The number of halogens is 1. The maximum Gasteiger partial charge on any atom is 0.410 e. The van der Waals surface area contributed by atoms with E-state index in [2.05, 4.69) is 19.9 Å². The van der Waals surface area contributed by atoms with E-state index in [-0.39, 0.29) is 18.2 Å². The Kier molecular flexibility index (Phi) is 5.31. The Bertz CT molecular complexity index is 1100. The molecule has 8 nitrogen and oxygen atoms in total. The van der Waals surface area contributed by atoms with Gasteiger partial charge in [-0.2, -0.15) is 0 Å². The normalized spacial score (nSPS) is 17.5. The molecule has 0 radical (unpaired) electrons. The SMILES string of the molecule is Nc1ccc(Nc2ncnc3c2ccn3C2CCN(C(=O)OC3CCC3)CC2)c(Cl)c1. The van der Waals surface area contributed by atoms with Crippen molar-refractivity contribution >= 4 is 45.9 Å². The van der Waals surface area contributed by atoms with Crippen molar-refractivity contribution in [2.75, 3.05) is 24.1 Å². The van der Waals surface area contributed by atoms with E-state index in [1.165, 1.54) is 0 Å². The molecule has 0 atom stereocenters. The minimum Gasteiger partial charge on any atom is -0.446 e. The number of carbonyl (C=O) groups is 1. The van der Waals surface area contributed by atoms with Crippen molar-refractivity contribution in [3.63, 3.8) is 0 Å². The van der Waals surface area contributed by atoms with Crippen LogP contribution in [0.3, 0.4) is 0 Å². The predicted octanol–water partition coefficient (Wildman–Crippen LogP) is 4.74. The van der Waals surface area contributed by atoms with Gasteiger partial charge in [-0.1, -0.05) is 11.6 Å². The molecule has 162 valence electrons. The summed E-state index contributed by atoms with van der Waals surface area (Å²) in [6.45, 7) is 1.38. The van der Waals surface area contributed by atoms with Crippen LogP contribution in [0.15, 0.2) is 36.8 Å². The lowest BCUT2D eigenvalue weighted by molar-refractivity contribution is 0.0211. The zero-order valence-corrected chi connectivity index (χ0v) is 17.9. The van der Waals surface area contributed by atoms with E-state index in [9.17, 15) is 4.79 Å². The fourth-order valence-corrected chi connectivity index (χ4v) is 4.39. The van der Waals surface area contributed by atoms with Crippen LogP contribution in [-0.2, 0) is 4.74 Å². The van der Waals surface area contributed by atoms with Crippen molar-refractivity contribution in [2.45, 2.75) is 44.2 Å². The molecule has 1 saturated carbocycles. The summed E-state index contributed by atoms with van der Waals surface area (Å²) < 4.78 is 7.73. The number of piperidine rings is 1. The third kappa shape index (κ3) is 3.99. The number of nitrogens with one attached hydrogen (secondary N) is 1. The van der Waals surface area contributed by atoms with Crippen LogP contribution in [0.4, 0.5) is 22.0 Å². The Morgan fingerprint density at radius 1 is 1.16 bits per heavy atom. The molecule has 31 heavy (non-hydrogen) atoms. The number of hydrogen-bond acceptors (Lipinski definition) is 6. The molecule has 1 amide bonds. The van der Waals surface area contributed by atoms with Gasteiger partial charge in [-0.15, -0.1) is 0 Å². The summed E-state index contributed by atoms with van der Waals surface area (Å²) in [7, 11) is 0. The Labute approximate surface area is 185 Å². The van der Waals surface area contributed by atoms with Crippen LogP contribution in [0.1, 0.15) is 38.1 Å². The van der Waals surface area contributed by atoms with E-state index < -0.39 is 0 Å². The first kappa shape index (κ1) is 19.9. The number of amides is 1. The van der Waals surface area contributed by atoms with Crippen molar-refractivity contribution < 1.29 is 9.53 Å². The minimum atomic E-state index is -0.172. The lowest BCUT2D eigenvalue weighted by atomic mass is 9.96. The third-order valence-corrected chi connectivity index (χ3v) is 6.50. The number of nitrogen functional groups attached to an aromatic ring is 1. The first-order valence-corrected chi connectivity index (χ1v) is 11.1. The van der Waals surface area contributed by atoms with E-state index >= 15 is 0 Å². The molecule has 9 heteroatoms. The second-order valence-corrected chi connectivity index (χ2v) is 8.61. The van der Waals surface area contributed by atoms with Crippen molar-refractivity contribution in [3.8, 4) is 0 Å². The van der Waals surface area contributed by atoms with Crippen molar-refractivity contribution in [2.24, 2.45) is 0 Å². The molecule has 0 bridgehead atoms. The van der Waals surface area contributed by atoms with E-state index in [0.717, 1.165) is 48.8 Å². The van der Waals surface area contributed by atoms with Gasteiger partial charge in [0.25, 0.3) is 0 Å². The molecule has 3 aromatic rings. The molecule has 1 aromatic carbocycles. The monoisotopic (exact) mass is 440 g/mol. The smallest absolute Gasteiger partial charge is 0.410 e. The van der Waals surface area contributed by atoms with Gasteiger partial charge in [-0.05, 0) is 56.4 Å². The molecule has 1 aliphatic carbocycles. The van der Waals surface area contributed by atoms with Crippen LogP contribution in [0.2, 0.25) is 5.02 Å². The van der Waals surface area contributed by atoms with Gasteiger partial charge in [0.1, 0.15) is 23.9 Å². The highest BCUT2D eigenvalue weighted by molar-refractivity contribution is 6.33. The van der Waals surface area contributed by atoms with Gasteiger partial charge >= 0.3 is 6.09 Å². The Balaban J connectivity index is 1.30. The van der Waals surface area contributed by atoms with Crippen molar-refractivity contribution in [1.29, 1.82) is 0 Å². The number of anilines is 3. The topological polar surface area (TPSA) is 98.3 Å². The fraction of sp³-hybridized carbons (Fsp3) is 0.409. The number of hydrogen-bond donors (Lipinski definition) is 2. The lowest BCUT2D eigenvalue weighted by Crippen LogP contribution is -2.41. The number of fused-ring (bicyclic) bond motifs is 1. The van der Waals surface area contributed by atoms with Crippen LogP contribution in [0.5, 0.6) is 0 Å². The quantitative estimate of drug-likeness (QED) is 0.569. The zero-order chi connectivity index (χ0) is 21.4. The Morgan fingerprint density at radius 3 is 2.68 bits per heavy atom. The van der Waals surface area contributed by atoms with Gasteiger partial charge in [0.05, 0.1) is 16.1 Å². The van der Waals surface area contributed by atoms with Crippen LogP contribution in [0.25, 0.3) is 11.0 Å². The van der Waals surface area contributed by atoms with Gasteiger partial charge in [-0.25, -0.2) is 14.8 Å². The van der Waals surface area contributed by atoms with Crippen molar-refractivity contribution in [3.05, 3.63) is 41.8 Å². The summed E-state index contributed by atoms with van der Waals surface area (Å²) in [6, 6.07) is 7.62. The standard InChI is InChI=1S/C22H25ClN6O2/c23-18-12-14(24)4-5-19(18)27-20-17-8-11-29(21(17)26-13-25-20)15-6-9-28(10-7-15)22(30)31-16-2-1-3-16/h4-5,8,11-13,15-16H,1-3,6-7,9-10,24H2,(H,25,26,27). The molecular weight excluding hydrogens is 416 g/mol. The highest BCUT2D eigenvalue weighted by Gasteiger charge is 2.29. The molecule has 0 unspecified atom stereocenters. The predicted molar refractivity (Wildman–Crippen MR) is 121 cm³/mol. The molecule has 1 saturated heterocycles. The first-order valence-electron chi connectivity index (χ1n) is 10.7. The van der Waals surface area contributed by atoms with Crippen LogP contribution < -0.4 is 11.1 Å². The van der Waals surface area contributed by atoms with Crippen LogP contribution in [0, 0.1) is 0 Å². The van der Waals surface area contributed by atoms with Crippen LogP contribution in [-0.4, -0.2) is 44.7 Å². The van der Waals surface area contributed by atoms with E-state index in [1.54, 1.807) is 18.5 Å². The largest absolute Gasteiger partial charge is 0.446 e. The first-order chi connectivity index (χ1) is 15.1. The van der Waals surface area contributed by atoms with Gasteiger partial charge < -0.3 is 25.3 Å². The molecule has 2 fully saturated rings. The summed E-state index contributed by atoms with van der Waals surface area (Å²) in [6.07, 6.45) is 8.42. The molecular formula is C22H25ClN6O2. The number of carbonyl (C=O) groups excluding carboxylic acids is 1. The Hall–Kier alpha value is -3.00. The van der Waals surface area contributed by atoms with E-state index in [4.69, 9.17) is 22.1 Å². The van der Waals surface area contributed by atoms with Gasteiger partial charge in [0.15, 0.2) is 0 Å². The highest BCUT2D eigenvalue weighted by atomic mass is 35.5. The third-order valence-electron chi connectivity index (χ3n) is 6.19. The molecule has 2 aromatic heterocycles. The molecule has 1 aliphatic heterocycles. The second-order valence-electron chi connectivity index (χ2n) is 8.20. The zero-order valence-electron chi connectivity index (χ0n) is 17.1. The second kappa shape index (κ2) is 8.26. The summed E-state index contributed by atoms with van der Waals surface area (Å²) in [5.41, 5.74) is 7.99. The number of aromatic nitrogens is 3. The number of benzene rings is 1. The van der Waals surface area contributed by atoms with Gasteiger partial charge in [0.2, 0.25) is 0 Å². The van der Waals surface area contributed by atoms with Crippen molar-refractivity contribution in [1.82, 2.24) is 19.4 Å². The maximum absolute atomic E-state index is 12.3. The number of nitrogens with two attached hydrogens (primary N) is 1. The maximum atomic E-state index is 12.3. The highest BCUT2D eigenvalue weighted by Crippen LogP contribution is 2.33. The molecule has 2 aliphatic rings. The average Bonchev–Trinajstić information content (AvgIpc) is 3.18. The van der Waals surface area contributed by atoms with Crippen LogP contribution >= 0.6 is 11.6 Å². The van der Waals surface area contributed by atoms with Gasteiger partial charge in [-0.3, -0.25) is 0 Å². The molecule has 0 spiro atoms. The summed E-state index contributed by atoms with van der Waals surface area (Å²) in [5, 5.41) is 4.74. The number of nitrogens with zero attached hydrogens (tertiary/aromatic N) is 4. The molecule has 5 rings (SSSR count). The Morgan fingerprint density at radius 2 is 1.97 bits per heavy atom. The summed E-state index contributed by atoms with van der Waals surface area (Å²) >= 11 is 6.31. The number of rotatable bonds is 4. The minimum absolute atomic E-state index is 0.121. The molecule has 3 heterocycles. The number of ether oxygens (including phenoxy) is 1. The lowest BCUT2D eigenvalue weighted by Gasteiger charge is -2.34. The summed E-state index contributed by atoms with van der Waals surface area (Å²) in [4.78, 5) is 23.1. The van der Waals surface area contributed by atoms with E-state index in [0.29, 0.717) is 29.6 Å². The summed E-state index contributed by atoms with van der Waals surface area (Å²) in [5.74, 6) is 0.692. The number of likely N-dealkylation sites (tertiary alicyclic amines) is 1. The van der Waals surface area contributed by atoms with Gasteiger partial charge in [0, 0.05) is 31.0 Å². The fourth-order valence-electron chi connectivity index (χ4n) is 4.16.